The Morgan fingerprint density at radius 1 is 1.00 bits per heavy atom. The molecule has 0 aliphatic heterocycles. The van der Waals surface area contributed by atoms with Gasteiger partial charge < -0.3 is 5.32 Å². The zero-order valence-corrected chi connectivity index (χ0v) is 13.7. The first-order chi connectivity index (χ1) is 11.1. The van der Waals surface area contributed by atoms with Crippen LogP contribution in [-0.4, -0.2) is 18.2 Å². The SMILES string of the molecule is CC(=O)c1ccc(CCNC(=O)c2ccc3ccccc3c2)s1. The molecule has 0 bridgehead atoms. The Bertz CT molecular complexity index is 866. The van der Waals surface area contributed by atoms with E-state index in [0.717, 1.165) is 26.9 Å². The largest absolute Gasteiger partial charge is 0.352 e. The zero-order chi connectivity index (χ0) is 16.2. The summed E-state index contributed by atoms with van der Waals surface area (Å²) in [5.41, 5.74) is 0.666. The highest BCUT2D eigenvalue weighted by atomic mass is 32.1. The van der Waals surface area contributed by atoms with E-state index in [2.05, 4.69) is 5.32 Å². The number of carbonyl (C=O) groups is 2. The molecule has 0 saturated heterocycles. The van der Waals surface area contributed by atoms with Gasteiger partial charge in [-0.2, -0.15) is 0 Å². The van der Waals surface area contributed by atoms with Crippen molar-refractivity contribution in [3.8, 4) is 0 Å². The Morgan fingerprint density at radius 3 is 2.52 bits per heavy atom. The molecule has 1 amide bonds. The molecule has 0 aliphatic carbocycles. The second-order valence-corrected chi connectivity index (χ2v) is 6.56. The van der Waals surface area contributed by atoms with Gasteiger partial charge in [0.15, 0.2) is 5.78 Å². The molecule has 0 saturated carbocycles. The molecule has 0 fully saturated rings. The first-order valence-electron chi connectivity index (χ1n) is 7.50. The van der Waals surface area contributed by atoms with Crippen LogP contribution in [0.2, 0.25) is 0 Å². The van der Waals surface area contributed by atoms with Crippen LogP contribution in [0, 0.1) is 0 Å². The van der Waals surface area contributed by atoms with Crippen LogP contribution in [0.25, 0.3) is 10.8 Å². The molecule has 0 spiro atoms. The number of nitrogens with one attached hydrogen (secondary N) is 1. The number of hydrogen-bond acceptors (Lipinski definition) is 3. The standard InChI is InChI=1S/C19H17NO2S/c1-13(21)18-9-8-17(23-18)10-11-20-19(22)16-7-6-14-4-2-3-5-15(14)12-16/h2-9,12H,10-11H2,1H3,(H,20,22). The molecule has 2 aromatic carbocycles. The second kappa shape index (κ2) is 6.75. The molecule has 0 atom stereocenters. The van der Waals surface area contributed by atoms with Crippen LogP contribution in [0.3, 0.4) is 0 Å². The molecule has 4 heteroatoms. The Balaban J connectivity index is 1.60. The van der Waals surface area contributed by atoms with Crippen molar-refractivity contribution in [2.24, 2.45) is 0 Å². The van der Waals surface area contributed by atoms with Gasteiger partial charge in [-0.15, -0.1) is 11.3 Å². The highest BCUT2D eigenvalue weighted by Crippen LogP contribution is 2.18. The van der Waals surface area contributed by atoms with E-state index in [-0.39, 0.29) is 11.7 Å². The van der Waals surface area contributed by atoms with E-state index in [4.69, 9.17) is 0 Å². The summed E-state index contributed by atoms with van der Waals surface area (Å²) < 4.78 is 0. The number of ketones is 1. The van der Waals surface area contributed by atoms with Gasteiger partial charge in [0.25, 0.3) is 5.91 Å². The lowest BCUT2D eigenvalue weighted by Gasteiger charge is -2.05. The summed E-state index contributed by atoms with van der Waals surface area (Å²) in [6, 6.07) is 17.5. The van der Waals surface area contributed by atoms with E-state index < -0.39 is 0 Å². The van der Waals surface area contributed by atoms with E-state index in [1.807, 2.05) is 54.6 Å². The van der Waals surface area contributed by atoms with E-state index in [1.54, 1.807) is 6.92 Å². The van der Waals surface area contributed by atoms with Gasteiger partial charge in [0.05, 0.1) is 4.88 Å². The molecule has 3 rings (SSSR count). The molecular formula is C19H17NO2S. The summed E-state index contributed by atoms with van der Waals surface area (Å²) in [5.74, 6) is 0.0144. The average molecular weight is 323 g/mol. The van der Waals surface area contributed by atoms with Gasteiger partial charge in [-0.05, 0) is 48.4 Å². The molecule has 0 radical (unpaired) electrons. The summed E-state index contributed by atoms with van der Waals surface area (Å²) in [4.78, 5) is 25.4. The van der Waals surface area contributed by atoms with E-state index in [1.165, 1.54) is 11.3 Å². The van der Waals surface area contributed by atoms with E-state index in [0.29, 0.717) is 12.1 Å². The fourth-order valence-electron chi connectivity index (χ4n) is 2.43. The molecule has 1 aromatic heterocycles. The van der Waals surface area contributed by atoms with Crippen molar-refractivity contribution in [3.63, 3.8) is 0 Å². The number of rotatable bonds is 5. The van der Waals surface area contributed by atoms with Crippen molar-refractivity contribution in [2.45, 2.75) is 13.3 Å². The maximum absolute atomic E-state index is 12.2. The predicted octanol–water partition coefficient (Wildman–Crippen LogP) is 4.08. The Labute approximate surface area is 139 Å². The average Bonchev–Trinajstić information content (AvgIpc) is 3.03. The van der Waals surface area contributed by atoms with Gasteiger partial charge in [0.2, 0.25) is 0 Å². The summed E-state index contributed by atoms with van der Waals surface area (Å²) in [5, 5.41) is 5.12. The predicted molar refractivity (Wildman–Crippen MR) is 94.3 cm³/mol. The third kappa shape index (κ3) is 3.66. The third-order valence-electron chi connectivity index (χ3n) is 3.68. The Hall–Kier alpha value is -2.46. The quantitative estimate of drug-likeness (QED) is 0.719. The van der Waals surface area contributed by atoms with Crippen molar-refractivity contribution in [2.75, 3.05) is 6.54 Å². The molecule has 1 N–H and O–H groups in total. The van der Waals surface area contributed by atoms with Crippen LogP contribution in [0.4, 0.5) is 0 Å². The number of benzene rings is 2. The lowest BCUT2D eigenvalue weighted by Crippen LogP contribution is -2.25. The zero-order valence-electron chi connectivity index (χ0n) is 12.8. The van der Waals surface area contributed by atoms with Gasteiger partial charge in [-0.1, -0.05) is 30.3 Å². The first kappa shape index (κ1) is 15.4. The molecule has 1 heterocycles. The van der Waals surface area contributed by atoms with E-state index in [9.17, 15) is 9.59 Å². The molecule has 0 aliphatic rings. The minimum atomic E-state index is -0.0703. The Kier molecular flexibility index (Phi) is 4.53. The summed E-state index contributed by atoms with van der Waals surface area (Å²) >= 11 is 1.49. The lowest BCUT2D eigenvalue weighted by molar-refractivity contribution is 0.0953. The van der Waals surface area contributed by atoms with E-state index >= 15 is 0 Å². The maximum Gasteiger partial charge on any atom is 0.251 e. The van der Waals surface area contributed by atoms with Crippen LogP contribution in [0.1, 0.15) is 31.8 Å². The van der Waals surface area contributed by atoms with Crippen LogP contribution in [0.5, 0.6) is 0 Å². The van der Waals surface area contributed by atoms with Crippen molar-refractivity contribution < 1.29 is 9.59 Å². The monoisotopic (exact) mass is 323 g/mol. The van der Waals surface area contributed by atoms with Gasteiger partial charge in [-0.3, -0.25) is 9.59 Å². The van der Waals surface area contributed by atoms with Crippen LogP contribution < -0.4 is 5.32 Å². The van der Waals surface area contributed by atoms with Crippen molar-refractivity contribution in [1.82, 2.24) is 5.32 Å². The van der Waals surface area contributed by atoms with Crippen molar-refractivity contribution in [3.05, 3.63) is 69.9 Å². The minimum Gasteiger partial charge on any atom is -0.352 e. The highest BCUT2D eigenvalue weighted by Gasteiger charge is 2.07. The second-order valence-electron chi connectivity index (χ2n) is 5.39. The smallest absolute Gasteiger partial charge is 0.251 e. The first-order valence-corrected chi connectivity index (χ1v) is 8.32. The minimum absolute atomic E-state index is 0.0703. The molecule has 23 heavy (non-hydrogen) atoms. The topological polar surface area (TPSA) is 46.2 Å². The number of thiophene rings is 1. The third-order valence-corrected chi connectivity index (χ3v) is 4.92. The van der Waals surface area contributed by atoms with Crippen LogP contribution in [0.15, 0.2) is 54.6 Å². The van der Waals surface area contributed by atoms with Gasteiger partial charge in [0.1, 0.15) is 0 Å². The molecular weight excluding hydrogens is 306 g/mol. The fourth-order valence-corrected chi connectivity index (χ4v) is 3.34. The van der Waals surface area contributed by atoms with Gasteiger partial charge >= 0.3 is 0 Å². The van der Waals surface area contributed by atoms with Gasteiger partial charge in [0, 0.05) is 17.0 Å². The maximum atomic E-state index is 12.2. The molecule has 3 aromatic rings. The number of Topliss-reactive ketones (excluding diaryl/α,β-unsaturated/α-hetero) is 1. The van der Waals surface area contributed by atoms with Crippen LogP contribution >= 0.6 is 11.3 Å². The number of amides is 1. The number of fused-ring (bicyclic) bond motifs is 1. The summed E-state index contributed by atoms with van der Waals surface area (Å²) in [6.45, 7) is 2.13. The Morgan fingerprint density at radius 2 is 1.78 bits per heavy atom. The fraction of sp³-hybridized carbons (Fsp3) is 0.158. The summed E-state index contributed by atoms with van der Waals surface area (Å²) in [6.07, 6.45) is 0.733. The van der Waals surface area contributed by atoms with Crippen molar-refractivity contribution >= 4 is 33.8 Å². The van der Waals surface area contributed by atoms with Crippen LogP contribution in [-0.2, 0) is 6.42 Å². The summed E-state index contributed by atoms with van der Waals surface area (Å²) in [7, 11) is 0. The highest BCUT2D eigenvalue weighted by molar-refractivity contribution is 7.14. The normalized spacial score (nSPS) is 10.7. The number of carbonyl (C=O) groups excluding carboxylic acids is 2. The van der Waals surface area contributed by atoms with Crippen molar-refractivity contribution in [1.29, 1.82) is 0 Å². The lowest BCUT2D eigenvalue weighted by atomic mass is 10.1. The molecule has 116 valence electrons. The number of hydrogen-bond donors (Lipinski definition) is 1. The molecule has 3 nitrogen and oxygen atoms in total. The van der Waals surface area contributed by atoms with Gasteiger partial charge in [-0.25, -0.2) is 0 Å². The molecule has 0 unspecified atom stereocenters.